The second-order valence-electron chi connectivity index (χ2n) is 7.21. The van der Waals surface area contributed by atoms with Gasteiger partial charge in [-0.3, -0.25) is 4.79 Å². The molecule has 3 aromatic carbocycles. The molecule has 3 nitrogen and oxygen atoms in total. The summed E-state index contributed by atoms with van der Waals surface area (Å²) < 4.78 is 0. The predicted molar refractivity (Wildman–Crippen MR) is 127 cm³/mol. The lowest BCUT2D eigenvalue weighted by atomic mass is 9.96. The lowest BCUT2D eigenvalue weighted by Crippen LogP contribution is -2.03. The van der Waals surface area contributed by atoms with Crippen molar-refractivity contribution in [2.24, 2.45) is 0 Å². The molecular weight excluding hydrogens is 394 g/mol. The van der Waals surface area contributed by atoms with Crippen molar-refractivity contribution >= 4 is 28.8 Å². The number of phenols is 1. The van der Waals surface area contributed by atoms with Crippen LogP contribution in [0.4, 0.5) is 5.69 Å². The van der Waals surface area contributed by atoms with Gasteiger partial charge in [-0.15, -0.1) is 0 Å². The number of halogens is 1. The van der Waals surface area contributed by atoms with Crippen molar-refractivity contribution in [1.29, 1.82) is 0 Å². The molecule has 4 heteroatoms. The Labute approximate surface area is 182 Å². The van der Waals surface area contributed by atoms with Crippen molar-refractivity contribution in [1.82, 2.24) is 0 Å². The van der Waals surface area contributed by atoms with Gasteiger partial charge in [0.25, 0.3) is 5.91 Å². The Kier molecular flexibility index (Phi) is 6.14. The van der Waals surface area contributed by atoms with Crippen molar-refractivity contribution in [3.63, 3.8) is 0 Å². The van der Waals surface area contributed by atoms with E-state index in [1.807, 2.05) is 55.5 Å². The van der Waals surface area contributed by atoms with Crippen LogP contribution in [0.1, 0.15) is 26.3 Å². The number of rotatable bonds is 4. The number of nitrogens with one attached hydrogen (secondary N) is 1. The van der Waals surface area contributed by atoms with Crippen LogP contribution in [0.2, 0.25) is 5.02 Å². The van der Waals surface area contributed by atoms with E-state index in [0.29, 0.717) is 17.0 Å². The minimum Gasteiger partial charge on any atom is -0.507 e. The summed E-state index contributed by atoms with van der Waals surface area (Å²) in [6.45, 7) is 5.84. The van der Waals surface area contributed by atoms with Crippen LogP contribution < -0.4 is 5.32 Å². The number of phenolic OH excluding ortho intramolecular Hbond substituents is 1. The summed E-state index contributed by atoms with van der Waals surface area (Å²) in [5.74, 6) is 0.122. The van der Waals surface area contributed by atoms with Gasteiger partial charge in [-0.05, 0) is 42.7 Å². The highest BCUT2D eigenvalue weighted by atomic mass is 35.5. The van der Waals surface area contributed by atoms with Gasteiger partial charge < -0.3 is 10.4 Å². The van der Waals surface area contributed by atoms with Crippen molar-refractivity contribution < 1.29 is 9.90 Å². The van der Waals surface area contributed by atoms with E-state index >= 15 is 0 Å². The Balaban J connectivity index is 0.00000256. The van der Waals surface area contributed by atoms with Gasteiger partial charge in [0.2, 0.25) is 0 Å². The number of anilines is 1. The largest absolute Gasteiger partial charge is 0.507 e. The Morgan fingerprint density at radius 2 is 1.67 bits per heavy atom. The first kappa shape index (κ1) is 21.4. The van der Waals surface area contributed by atoms with Crippen LogP contribution in [0.25, 0.3) is 27.8 Å². The van der Waals surface area contributed by atoms with E-state index in [4.69, 9.17) is 11.6 Å². The Bertz CT molecular complexity index is 1160. The van der Waals surface area contributed by atoms with Crippen LogP contribution in [0, 0.1) is 0 Å². The molecule has 0 fully saturated rings. The summed E-state index contributed by atoms with van der Waals surface area (Å²) in [5, 5.41) is 13.5. The van der Waals surface area contributed by atoms with Crippen LogP contribution in [0.5, 0.6) is 5.75 Å². The second-order valence-corrected chi connectivity index (χ2v) is 7.61. The third-order valence-electron chi connectivity index (χ3n) is 4.96. The molecule has 0 aromatic heterocycles. The molecule has 0 bridgehead atoms. The molecule has 1 amide bonds. The molecule has 1 aliphatic heterocycles. The second kappa shape index (κ2) is 8.60. The highest BCUT2D eigenvalue weighted by Gasteiger charge is 2.25. The van der Waals surface area contributed by atoms with Crippen LogP contribution in [0.3, 0.4) is 0 Å². The number of carbonyl (C=O) groups is 1. The first-order valence-electron chi connectivity index (χ1n) is 9.32. The Hall–Kier alpha value is -3.30. The fourth-order valence-corrected chi connectivity index (χ4v) is 3.73. The van der Waals surface area contributed by atoms with E-state index in [1.54, 1.807) is 18.2 Å². The Morgan fingerprint density at radius 3 is 2.30 bits per heavy atom. The molecule has 0 spiro atoms. The normalized spacial score (nSPS) is 13.5. The lowest BCUT2D eigenvalue weighted by Gasteiger charge is -2.10. The van der Waals surface area contributed by atoms with Gasteiger partial charge in [0.1, 0.15) is 5.75 Å². The fraction of sp³-hybridized carbons (Fsp3) is 0.115. The van der Waals surface area contributed by atoms with Crippen LogP contribution in [0.15, 0.2) is 78.9 Å². The van der Waals surface area contributed by atoms with E-state index in [1.165, 1.54) is 0 Å². The van der Waals surface area contributed by atoms with Crippen molar-refractivity contribution in [3.05, 3.63) is 89.5 Å². The summed E-state index contributed by atoms with van der Waals surface area (Å²) in [6.07, 6.45) is 2.55. The third kappa shape index (κ3) is 4.03. The fourth-order valence-electron chi connectivity index (χ4n) is 3.46. The number of benzene rings is 3. The number of aromatic hydroxyl groups is 1. The van der Waals surface area contributed by atoms with Crippen LogP contribution in [-0.4, -0.2) is 11.0 Å². The van der Waals surface area contributed by atoms with Crippen molar-refractivity contribution in [2.45, 2.75) is 20.8 Å². The number of amides is 1. The maximum Gasteiger partial charge on any atom is 0.256 e. The summed E-state index contributed by atoms with van der Waals surface area (Å²) in [6, 6.07) is 18.8. The number of allylic oxidation sites excluding steroid dienone is 2. The number of fused-ring (bicyclic) bond motifs is 1. The highest BCUT2D eigenvalue weighted by molar-refractivity contribution is 6.36. The van der Waals surface area contributed by atoms with E-state index < -0.39 is 0 Å². The smallest absolute Gasteiger partial charge is 0.256 e. The number of hydrogen-bond donors (Lipinski definition) is 2. The Morgan fingerprint density at radius 1 is 1.03 bits per heavy atom. The molecule has 1 heterocycles. The number of carbonyl (C=O) groups excluding carboxylic acids is 1. The predicted octanol–water partition coefficient (Wildman–Crippen LogP) is 7.32. The molecule has 2 N–H and O–H groups in total. The van der Waals surface area contributed by atoms with E-state index in [2.05, 4.69) is 11.9 Å². The van der Waals surface area contributed by atoms with E-state index in [0.717, 1.165) is 39.1 Å². The molecule has 1 aliphatic rings. The minimum absolute atomic E-state index is 0. The minimum atomic E-state index is -0.121. The average Bonchev–Trinajstić information content (AvgIpc) is 3.00. The van der Waals surface area contributed by atoms with Gasteiger partial charge in [-0.1, -0.05) is 79.7 Å². The van der Waals surface area contributed by atoms with Gasteiger partial charge in [0.05, 0.1) is 10.7 Å². The zero-order valence-corrected chi connectivity index (χ0v) is 16.8. The summed E-state index contributed by atoms with van der Waals surface area (Å²) in [4.78, 5) is 12.4. The summed E-state index contributed by atoms with van der Waals surface area (Å²) in [5.41, 5.74) is 6.70. The van der Waals surface area contributed by atoms with E-state index in [9.17, 15) is 9.90 Å². The molecule has 0 saturated heterocycles. The molecule has 152 valence electrons. The SMILES string of the molecule is C.C=C(C)C/C=C1\C(=O)Nc2cc(Cl)c(-c3ccc(-c4ccccc4O)cc3)cc21. The molecule has 0 radical (unpaired) electrons. The zero-order valence-electron chi connectivity index (χ0n) is 16.0. The molecule has 3 aromatic rings. The monoisotopic (exact) mass is 417 g/mol. The first-order chi connectivity index (χ1) is 13.9. The highest BCUT2D eigenvalue weighted by Crippen LogP contribution is 2.40. The number of hydrogen-bond acceptors (Lipinski definition) is 2. The molecule has 4 rings (SSSR count). The van der Waals surface area contributed by atoms with E-state index in [-0.39, 0.29) is 19.1 Å². The van der Waals surface area contributed by atoms with Gasteiger partial charge >= 0.3 is 0 Å². The van der Waals surface area contributed by atoms with Crippen LogP contribution >= 0.6 is 11.6 Å². The molecule has 0 atom stereocenters. The third-order valence-corrected chi connectivity index (χ3v) is 5.27. The molecule has 0 aliphatic carbocycles. The van der Waals surface area contributed by atoms with Gasteiger partial charge in [0, 0.05) is 22.3 Å². The molecule has 0 unspecified atom stereocenters. The molecule has 0 saturated carbocycles. The first-order valence-corrected chi connectivity index (χ1v) is 9.70. The zero-order chi connectivity index (χ0) is 20.5. The quantitative estimate of drug-likeness (QED) is 0.345. The standard InChI is InChI=1S/C25H20ClNO2.CH4/c1-15(2)7-12-19-21-13-20(22(26)14-23(21)27-25(19)29)17-10-8-16(9-11-17)18-5-3-4-6-24(18)28;/h3-6,8-14,28H,1,7H2,2H3,(H,27,29);1H4/b19-12-;. The van der Waals surface area contributed by atoms with Crippen molar-refractivity contribution in [3.8, 4) is 28.0 Å². The maximum atomic E-state index is 12.4. The lowest BCUT2D eigenvalue weighted by molar-refractivity contribution is -0.110. The van der Waals surface area contributed by atoms with Crippen molar-refractivity contribution in [2.75, 3.05) is 5.32 Å². The van der Waals surface area contributed by atoms with Gasteiger partial charge in [-0.2, -0.15) is 0 Å². The number of para-hydroxylation sites is 1. The molecule has 30 heavy (non-hydrogen) atoms. The molecular formula is C26H24ClNO2. The van der Waals surface area contributed by atoms with Gasteiger partial charge in [0.15, 0.2) is 0 Å². The maximum absolute atomic E-state index is 12.4. The van der Waals surface area contributed by atoms with Gasteiger partial charge in [-0.25, -0.2) is 0 Å². The summed E-state index contributed by atoms with van der Waals surface area (Å²) >= 11 is 6.52. The topological polar surface area (TPSA) is 49.3 Å². The van der Waals surface area contributed by atoms with Crippen LogP contribution in [-0.2, 0) is 4.79 Å². The summed E-state index contributed by atoms with van der Waals surface area (Å²) in [7, 11) is 0. The average molecular weight is 418 g/mol.